The van der Waals surface area contributed by atoms with E-state index in [4.69, 9.17) is 0 Å². The van der Waals surface area contributed by atoms with Crippen LogP contribution in [0.4, 0.5) is 0 Å². The number of hydrogen-bond acceptors (Lipinski definition) is 4. The van der Waals surface area contributed by atoms with Gasteiger partial charge in [-0.1, -0.05) is 18.2 Å². The van der Waals surface area contributed by atoms with Crippen LogP contribution >= 0.6 is 0 Å². The van der Waals surface area contributed by atoms with E-state index in [0.29, 0.717) is 12.0 Å². The highest BCUT2D eigenvalue weighted by molar-refractivity contribution is 7.85. The maximum absolute atomic E-state index is 11.3. The zero-order valence-electron chi connectivity index (χ0n) is 11.8. The Bertz CT molecular complexity index is 537. The highest BCUT2D eigenvalue weighted by Crippen LogP contribution is 2.17. The third-order valence-electron chi connectivity index (χ3n) is 3.77. The van der Waals surface area contributed by atoms with Crippen molar-refractivity contribution in [1.82, 2.24) is 9.80 Å². The molecule has 0 amide bonds. The molecular formula is C14H22N2O3S. The molecule has 0 saturated carbocycles. The summed E-state index contributed by atoms with van der Waals surface area (Å²) >= 11 is 0. The summed E-state index contributed by atoms with van der Waals surface area (Å²) in [4.78, 5) is 4.75. The predicted octanol–water partition coefficient (Wildman–Crippen LogP) is 1.11. The number of aryl methyl sites for hydroxylation is 1. The van der Waals surface area contributed by atoms with Gasteiger partial charge < -0.3 is 9.80 Å². The molecule has 112 valence electrons. The van der Waals surface area contributed by atoms with Gasteiger partial charge >= 0.3 is 0 Å². The molecule has 1 aromatic carbocycles. The number of likely N-dealkylation sites (N-methyl/N-ethyl adjacent to an activating group) is 1. The van der Waals surface area contributed by atoms with Crippen LogP contribution in [0.2, 0.25) is 0 Å². The minimum Gasteiger partial charge on any atom is -0.304 e. The maximum Gasteiger partial charge on any atom is 0.294 e. The van der Waals surface area contributed by atoms with Gasteiger partial charge in [-0.3, -0.25) is 4.55 Å². The molecule has 1 N–H and O–H groups in total. The average molecular weight is 298 g/mol. The first-order chi connectivity index (χ1) is 9.47. The van der Waals surface area contributed by atoms with Crippen molar-refractivity contribution in [1.29, 1.82) is 0 Å². The van der Waals surface area contributed by atoms with Crippen LogP contribution in [-0.2, 0) is 16.5 Å². The molecule has 0 aromatic heterocycles. The maximum atomic E-state index is 11.3. The first-order valence-electron chi connectivity index (χ1n) is 6.93. The summed E-state index contributed by atoms with van der Waals surface area (Å²) in [5.74, 6) is 0. The molecule has 0 atom stereocenters. The monoisotopic (exact) mass is 298 g/mol. The van der Waals surface area contributed by atoms with E-state index in [9.17, 15) is 13.0 Å². The van der Waals surface area contributed by atoms with Gasteiger partial charge in [-0.2, -0.15) is 8.42 Å². The molecule has 0 radical (unpaired) electrons. The Morgan fingerprint density at radius 1 is 1.15 bits per heavy atom. The molecule has 20 heavy (non-hydrogen) atoms. The van der Waals surface area contributed by atoms with Crippen molar-refractivity contribution in [2.75, 3.05) is 39.8 Å². The van der Waals surface area contributed by atoms with Gasteiger partial charge in [0.05, 0.1) is 4.90 Å². The van der Waals surface area contributed by atoms with Crippen LogP contribution in [0.25, 0.3) is 0 Å². The van der Waals surface area contributed by atoms with E-state index in [-0.39, 0.29) is 4.90 Å². The van der Waals surface area contributed by atoms with E-state index >= 15 is 0 Å². The minimum atomic E-state index is -4.12. The van der Waals surface area contributed by atoms with E-state index < -0.39 is 10.1 Å². The minimum absolute atomic E-state index is 0.0402. The number of rotatable bonds is 5. The fourth-order valence-electron chi connectivity index (χ4n) is 2.53. The Labute approximate surface area is 120 Å². The standard InChI is InChI=1S/C14H22N2O3S/c1-15-9-11-16(12-10-15)8-4-6-13-5-2-3-7-14(13)20(17,18)19/h2-3,5,7H,4,6,8-12H2,1H3,(H,17,18,19). The second-order valence-electron chi connectivity index (χ2n) is 5.33. The molecule has 6 heteroatoms. The second kappa shape index (κ2) is 6.67. The molecule has 0 aliphatic carbocycles. The Balaban J connectivity index is 1.89. The van der Waals surface area contributed by atoms with E-state index in [0.717, 1.165) is 39.1 Å². The van der Waals surface area contributed by atoms with Gasteiger partial charge in [-0.05, 0) is 38.1 Å². The normalized spacial score (nSPS) is 18.3. The zero-order valence-corrected chi connectivity index (χ0v) is 12.6. The van der Waals surface area contributed by atoms with Crippen molar-refractivity contribution in [2.45, 2.75) is 17.7 Å². The van der Waals surface area contributed by atoms with Crippen molar-refractivity contribution in [2.24, 2.45) is 0 Å². The van der Waals surface area contributed by atoms with Crippen molar-refractivity contribution in [3.63, 3.8) is 0 Å². The largest absolute Gasteiger partial charge is 0.304 e. The van der Waals surface area contributed by atoms with E-state index in [1.54, 1.807) is 18.2 Å². The molecule has 1 aliphatic heterocycles. The molecule has 0 unspecified atom stereocenters. The average Bonchev–Trinajstić information content (AvgIpc) is 2.40. The van der Waals surface area contributed by atoms with Crippen molar-refractivity contribution in [3.8, 4) is 0 Å². The lowest BCUT2D eigenvalue weighted by Gasteiger charge is -2.32. The number of nitrogens with zero attached hydrogens (tertiary/aromatic N) is 2. The number of hydrogen-bond donors (Lipinski definition) is 1. The van der Waals surface area contributed by atoms with Crippen LogP contribution in [-0.4, -0.2) is 62.5 Å². The summed E-state index contributed by atoms with van der Waals surface area (Å²) in [7, 11) is -1.99. The molecule has 5 nitrogen and oxygen atoms in total. The fourth-order valence-corrected chi connectivity index (χ4v) is 3.28. The van der Waals surface area contributed by atoms with Gasteiger partial charge in [0.2, 0.25) is 0 Å². The van der Waals surface area contributed by atoms with E-state index in [1.165, 1.54) is 6.07 Å². The fraction of sp³-hybridized carbons (Fsp3) is 0.571. The molecule has 0 spiro atoms. The third-order valence-corrected chi connectivity index (χ3v) is 4.72. The molecule has 1 fully saturated rings. The molecule has 2 rings (SSSR count). The van der Waals surface area contributed by atoms with Crippen LogP contribution in [0.1, 0.15) is 12.0 Å². The summed E-state index contributed by atoms with van der Waals surface area (Å²) in [5, 5.41) is 0. The van der Waals surface area contributed by atoms with Gasteiger partial charge in [0, 0.05) is 26.2 Å². The summed E-state index contributed by atoms with van der Waals surface area (Å²) in [5.41, 5.74) is 0.698. The summed E-state index contributed by atoms with van der Waals surface area (Å²) in [6.45, 7) is 5.27. The van der Waals surface area contributed by atoms with E-state index in [2.05, 4.69) is 16.8 Å². The smallest absolute Gasteiger partial charge is 0.294 e. The Hall–Kier alpha value is -0.950. The summed E-state index contributed by atoms with van der Waals surface area (Å²) in [6.07, 6.45) is 1.57. The topological polar surface area (TPSA) is 60.9 Å². The first-order valence-corrected chi connectivity index (χ1v) is 8.37. The number of benzene rings is 1. The predicted molar refractivity (Wildman–Crippen MR) is 78.5 cm³/mol. The van der Waals surface area contributed by atoms with Gasteiger partial charge in [-0.15, -0.1) is 0 Å². The molecule has 1 aliphatic rings. The van der Waals surface area contributed by atoms with Crippen LogP contribution in [0, 0.1) is 0 Å². The molecule has 0 bridgehead atoms. The zero-order chi connectivity index (χ0) is 14.6. The Kier molecular flexibility index (Phi) is 5.15. The lowest BCUT2D eigenvalue weighted by Crippen LogP contribution is -2.44. The van der Waals surface area contributed by atoms with Gasteiger partial charge in [0.1, 0.15) is 0 Å². The van der Waals surface area contributed by atoms with Gasteiger partial charge in [0.25, 0.3) is 10.1 Å². The lowest BCUT2D eigenvalue weighted by atomic mass is 10.1. The van der Waals surface area contributed by atoms with Gasteiger partial charge in [-0.25, -0.2) is 0 Å². The van der Waals surface area contributed by atoms with Gasteiger partial charge in [0.15, 0.2) is 0 Å². The van der Waals surface area contributed by atoms with Crippen LogP contribution in [0.15, 0.2) is 29.2 Å². The molecule has 1 saturated heterocycles. The lowest BCUT2D eigenvalue weighted by molar-refractivity contribution is 0.153. The summed E-state index contributed by atoms with van der Waals surface area (Å²) < 4.78 is 31.8. The Morgan fingerprint density at radius 2 is 1.80 bits per heavy atom. The molecular weight excluding hydrogens is 276 g/mol. The van der Waals surface area contributed by atoms with E-state index in [1.807, 2.05) is 0 Å². The van der Waals surface area contributed by atoms with Crippen LogP contribution in [0.5, 0.6) is 0 Å². The molecule has 1 heterocycles. The van der Waals surface area contributed by atoms with Crippen molar-refractivity contribution in [3.05, 3.63) is 29.8 Å². The summed E-state index contributed by atoms with van der Waals surface area (Å²) in [6, 6.07) is 6.67. The van der Waals surface area contributed by atoms with Crippen molar-refractivity contribution >= 4 is 10.1 Å². The third kappa shape index (κ3) is 4.28. The number of piperazine rings is 1. The Morgan fingerprint density at radius 3 is 2.45 bits per heavy atom. The molecule has 1 aromatic rings. The van der Waals surface area contributed by atoms with Crippen molar-refractivity contribution < 1.29 is 13.0 Å². The SMILES string of the molecule is CN1CCN(CCCc2ccccc2S(=O)(=O)O)CC1. The highest BCUT2D eigenvalue weighted by atomic mass is 32.2. The first kappa shape index (κ1) is 15.4. The van der Waals surface area contributed by atoms with Crippen LogP contribution < -0.4 is 0 Å². The highest BCUT2D eigenvalue weighted by Gasteiger charge is 2.16. The second-order valence-corrected chi connectivity index (χ2v) is 6.72. The quantitative estimate of drug-likeness (QED) is 0.825. The van der Waals surface area contributed by atoms with Crippen LogP contribution in [0.3, 0.4) is 0 Å².